The van der Waals surface area contributed by atoms with Crippen LogP contribution >= 0.6 is 0 Å². The van der Waals surface area contributed by atoms with E-state index in [1.165, 1.54) is 0 Å². The summed E-state index contributed by atoms with van der Waals surface area (Å²) in [7, 11) is 0. The minimum atomic E-state index is -0.407. The van der Waals surface area contributed by atoms with Gasteiger partial charge >= 0.3 is 11.3 Å². The van der Waals surface area contributed by atoms with E-state index < -0.39 is 5.63 Å². The van der Waals surface area contributed by atoms with E-state index in [-0.39, 0.29) is 11.0 Å². The summed E-state index contributed by atoms with van der Waals surface area (Å²) in [6, 6.07) is 2.03. The van der Waals surface area contributed by atoms with E-state index >= 15 is 0 Å². The first-order chi connectivity index (χ1) is 10.5. The summed E-state index contributed by atoms with van der Waals surface area (Å²) in [4.78, 5) is 18.4. The van der Waals surface area contributed by atoms with Gasteiger partial charge in [0.2, 0.25) is 0 Å². The molecule has 6 nitrogen and oxygen atoms in total. The third-order valence-electron chi connectivity index (χ3n) is 5.82. The second-order valence-corrected chi connectivity index (χ2v) is 6.44. The average Bonchev–Trinajstić information content (AvgIpc) is 2.96. The summed E-state index contributed by atoms with van der Waals surface area (Å²) in [6.45, 7) is 8.82. The normalized spacial score (nSPS) is 27.1. The molecule has 1 aliphatic heterocycles. The highest BCUT2D eigenvalue weighted by Gasteiger charge is 2.55. The molecule has 0 aliphatic carbocycles. The fourth-order valence-corrected chi connectivity index (χ4v) is 3.95. The third kappa shape index (κ3) is 1.23. The van der Waals surface area contributed by atoms with Crippen LogP contribution in [0.3, 0.4) is 0 Å². The van der Waals surface area contributed by atoms with Crippen molar-refractivity contribution in [1.82, 2.24) is 14.9 Å². The molecule has 4 rings (SSSR count). The molecule has 6 heteroatoms. The van der Waals surface area contributed by atoms with Crippen LogP contribution in [0.5, 0.6) is 0 Å². The predicted octanol–water partition coefficient (Wildman–Crippen LogP) is 1.93. The van der Waals surface area contributed by atoms with Gasteiger partial charge in [-0.25, -0.2) is 9.78 Å². The van der Waals surface area contributed by atoms with Crippen LogP contribution in [-0.4, -0.2) is 14.9 Å². The fourth-order valence-electron chi connectivity index (χ4n) is 3.95. The zero-order valence-corrected chi connectivity index (χ0v) is 13.3. The lowest BCUT2D eigenvalue weighted by Gasteiger charge is -2.45. The van der Waals surface area contributed by atoms with E-state index in [1.54, 1.807) is 12.4 Å². The molecule has 0 amide bonds. The molecule has 0 spiro atoms. The maximum Gasteiger partial charge on any atom is 0.369 e. The lowest BCUT2D eigenvalue weighted by molar-refractivity contribution is -0.617. The van der Waals surface area contributed by atoms with Crippen molar-refractivity contribution in [1.29, 1.82) is 0 Å². The summed E-state index contributed by atoms with van der Waals surface area (Å²) >= 11 is 0. The SMILES string of the molecule is CCC1(C)c2ccnc3c(=O)oc4cnn([n+]4c23)C1(C)CC. The summed E-state index contributed by atoms with van der Waals surface area (Å²) < 4.78 is 7.29. The van der Waals surface area contributed by atoms with Gasteiger partial charge in [0.05, 0.1) is 0 Å². The van der Waals surface area contributed by atoms with Crippen LogP contribution in [0, 0.1) is 0 Å². The van der Waals surface area contributed by atoms with Crippen LogP contribution in [0.2, 0.25) is 0 Å². The average molecular weight is 299 g/mol. The Morgan fingerprint density at radius 2 is 2.09 bits per heavy atom. The van der Waals surface area contributed by atoms with Gasteiger partial charge in [-0.1, -0.05) is 25.3 Å². The van der Waals surface area contributed by atoms with Gasteiger partial charge in [0, 0.05) is 22.3 Å². The number of aromatic nitrogens is 4. The van der Waals surface area contributed by atoms with Gasteiger partial charge in [0.15, 0.2) is 11.0 Å². The van der Waals surface area contributed by atoms with E-state index in [1.807, 2.05) is 15.4 Å². The molecule has 1 aliphatic rings. The van der Waals surface area contributed by atoms with Gasteiger partial charge in [-0.15, -0.1) is 0 Å². The topological polar surface area (TPSA) is 65.0 Å². The van der Waals surface area contributed by atoms with Crippen molar-refractivity contribution in [2.75, 3.05) is 0 Å². The Labute approximate surface area is 127 Å². The maximum absolute atomic E-state index is 12.2. The van der Waals surface area contributed by atoms with Crippen molar-refractivity contribution in [3.05, 3.63) is 34.4 Å². The van der Waals surface area contributed by atoms with Gasteiger partial charge in [-0.3, -0.25) is 0 Å². The standard InChI is InChI=1S/C16H19N4O2/c1-5-15(3)10-7-8-17-12-13(10)19-11(22-14(12)21)9-18-20(19)16(15,4)6-2/h7-9H,5-6H2,1-4H3/q+1. The van der Waals surface area contributed by atoms with E-state index in [2.05, 4.69) is 37.8 Å². The Morgan fingerprint density at radius 3 is 2.77 bits per heavy atom. The fraction of sp³-hybridized carbons (Fsp3) is 0.500. The van der Waals surface area contributed by atoms with E-state index in [9.17, 15) is 4.79 Å². The molecule has 0 saturated carbocycles. The highest BCUT2D eigenvalue weighted by Crippen LogP contribution is 2.47. The molecule has 0 fully saturated rings. The van der Waals surface area contributed by atoms with E-state index in [4.69, 9.17) is 4.42 Å². The largest absolute Gasteiger partial charge is 0.380 e. The Bertz CT molecular complexity index is 973. The number of hydrogen-bond donors (Lipinski definition) is 0. The highest BCUT2D eigenvalue weighted by molar-refractivity contribution is 5.75. The molecular weight excluding hydrogens is 280 g/mol. The summed E-state index contributed by atoms with van der Waals surface area (Å²) in [5.74, 6) is 0. The molecule has 0 radical (unpaired) electrons. The van der Waals surface area contributed by atoms with Gasteiger partial charge in [0.1, 0.15) is 5.54 Å². The Morgan fingerprint density at radius 1 is 1.32 bits per heavy atom. The first-order valence-corrected chi connectivity index (χ1v) is 7.71. The summed E-state index contributed by atoms with van der Waals surface area (Å²) in [5.41, 5.74) is 2.03. The molecule has 0 aromatic carbocycles. The van der Waals surface area contributed by atoms with Crippen LogP contribution < -0.4 is 10.1 Å². The van der Waals surface area contributed by atoms with Crippen LogP contribution in [0.1, 0.15) is 46.1 Å². The van der Waals surface area contributed by atoms with Crippen LogP contribution in [-0.2, 0) is 11.0 Å². The van der Waals surface area contributed by atoms with Crippen molar-refractivity contribution >= 4 is 16.7 Å². The summed E-state index contributed by atoms with van der Waals surface area (Å²) in [6.07, 6.45) is 5.19. The zero-order chi connectivity index (χ0) is 15.7. The third-order valence-corrected chi connectivity index (χ3v) is 5.82. The number of hydrogen-bond acceptors (Lipinski definition) is 4. The lowest BCUT2D eigenvalue weighted by atomic mass is 9.64. The van der Waals surface area contributed by atoms with Crippen molar-refractivity contribution < 1.29 is 8.93 Å². The Hall–Kier alpha value is -2.24. The number of nitrogens with zero attached hydrogens (tertiary/aromatic N) is 4. The first kappa shape index (κ1) is 13.4. The first-order valence-electron chi connectivity index (χ1n) is 7.71. The van der Waals surface area contributed by atoms with Crippen molar-refractivity contribution in [2.24, 2.45) is 0 Å². The molecule has 3 aromatic rings. The van der Waals surface area contributed by atoms with E-state index in [0.29, 0.717) is 11.2 Å². The van der Waals surface area contributed by atoms with Crippen molar-refractivity contribution in [3.63, 3.8) is 0 Å². The van der Waals surface area contributed by atoms with Crippen LogP contribution in [0.4, 0.5) is 0 Å². The molecule has 114 valence electrons. The molecule has 4 heterocycles. The van der Waals surface area contributed by atoms with E-state index in [0.717, 1.165) is 23.9 Å². The number of pyridine rings is 1. The molecule has 3 aromatic heterocycles. The molecule has 2 unspecified atom stereocenters. The lowest BCUT2D eigenvalue weighted by Crippen LogP contribution is -2.60. The molecule has 0 N–H and O–H groups in total. The monoisotopic (exact) mass is 299 g/mol. The predicted molar refractivity (Wildman–Crippen MR) is 80.8 cm³/mol. The Balaban J connectivity index is 2.36. The van der Waals surface area contributed by atoms with Gasteiger partial charge in [-0.2, -0.15) is 0 Å². The molecule has 0 bridgehead atoms. The zero-order valence-electron chi connectivity index (χ0n) is 13.3. The smallest absolute Gasteiger partial charge is 0.369 e. The highest BCUT2D eigenvalue weighted by atomic mass is 16.4. The van der Waals surface area contributed by atoms with Crippen LogP contribution in [0.15, 0.2) is 27.7 Å². The molecule has 0 saturated heterocycles. The van der Waals surface area contributed by atoms with Crippen LogP contribution in [0.25, 0.3) is 16.7 Å². The second kappa shape index (κ2) is 3.94. The Kier molecular flexibility index (Phi) is 2.40. The quantitative estimate of drug-likeness (QED) is 0.678. The summed E-state index contributed by atoms with van der Waals surface area (Å²) in [5, 5.41) is 4.54. The number of rotatable bonds is 2. The van der Waals surface area contributed by atoms with Crippen molar-refractivity contribution in [2.45, 2.75) is 51.5 Å². The minimum absolute atomic E-state index is 0.143. The second-order valence-electron chi connectivity index (χ2n) is 6.44. The van der Waals surface area contributed by atoms with Gasteiger partial charge in [-0.05, 0) is 30.6 Å². The molecular formula is C16H19N4O2+. The molecule has 22 heavy (non-hydrogen) atoms. The van der Waals surface area contributed by atoms with Gasteiger partial charge in [0.25, 0.3) is 6.20 Å². The minimum Gasteiger partial charge on any atom is -0.380 e. The maximum atomic E-state index is 12.2. The van der Waals surface area contributed by atoms with Gasteiger partial charge < -0.3 is 4.42 Å². The van der Waals surface area contributed by atoms with Crippen molar-refractivity contribution in [3.8, 4) is 0 Å². The molecule has 2 atom stereocenters.